The van der Waals surface area contributed by atoms with Gasteiger partial charge in [-0.15, -0.1) is 0 Å². The highest BCUT2D eigenvalue weighted by molar-refractivity contribution is 5.80. The van der Waals surface area contributed by atoms with E-state index in [1.54, 1.807) is 13.3 Å². The Kier molecular flexibility index (Phi) is 6.78. The molecule has 0 saturated carbocycles. The molecule has 0 aliphatic heterocycles. The predicted octanol–water partition coefficient (Wildman–Crippen LogP) is 4.81. The van der Waals surface area contributed by atoms with Crippen LogP contribution in [0.3, 0.4) is 0 Å². The molecule has 2 nitrogen and oxygen atoms in total. The fraction of sp³-hybridized carbons (Fsp3) is 0.250. The van der Waals surface area contributed by atoms with Crippen molar-refractivity contribution in [3.8, 4) is 17.6 Å². The Labute approximate surface area is 132 Å². The second kappa shape index (κ2) is 9.41. The van der Waals surface area contributed by atoms with Gasteiger partial charge in [-0.25, -0.2) is 4.99 Å². The first-order valence-electron chi connectivity index (χ1n) is 7.57. The number of methoxy groups -OCH3 is 1. The molecular weight excluding hydrogens is 270 g/mol. The van der Waals surface area contributed by atoms with Gasteiger partial charge in [-0.1, -0.05) is 42.2 Å². The number of nitrogens with zero attached hydrogens (tertiary/aromatic N) is 1. The minimum Gasteiger partial charge on any atom is -0.497 e. The minimum atomic E-state index is 0.837. The average Bonchev–Trinajstić information content (AvgIpc) is 2.59. The number of hydrogen-bond donors (Lipinski definition) is 0. The molecule has 0 radical (unpaired) electrons. The summed E-state index contributed by atoms with van der Waals surface area (Å²) in [5.41, 5.74) is 2.29. The molecule has 0 aliphatic rings. The van der Waals surface area contributed by atoms with Crippen LogP contribution < -0.4 is 4.74 Å². The summed E-state index contributed by atoms with van der Waals surface area (Å²) in [4.78, 5) is 4.29. The third kappa shape index (κ3) is 5.85. The van der Waals surface area contributed by atoms with Gasteiger partial charge < -0.3 is 4.74 Å². The van der Waals surface area contributed by atoms with Gasteiger partial charge in [-0.05, 0) is 49.1 Å². The lowest BCUT2D eigenvalue weighted by Gasteiger charge is -1.98. The number of unbranched alkanes of at least 4 members (excludes halogenated alkanes) is 2. The van der Waals surface area contributed by atoms with E-state index < -0.39 is 0 Å². The lowest BCUT2D eigenvalue weighted by molar-refractivity contribution is 0.415. The monoisotopic (exact) mass is 291 g/mol. The van der Waals surface area contributed by atoms with Crippen LogP contribution in [0.1, 0.15) is 24.8 Å². The van der Waals surface area contributed by atoms with E-state index in [0.717, 1.165) is 30.7 Å². The van der Waals surface area contributed by atoms with Crippen molar-refractivity contribution < 1.29 is 4.74 Å². The maximum atomic E-state index is 5.10. The second-order valence-electron chi connectivity index (χ2n) is 4.97. The second-order valence-corrected chi connectivity index (χ2v) is 4.97. The highest BCUT2D eigenvalue weighted by atomic mass is 16.5. The summed E-state index contributed by atoms with van der Waals surface area (Å²) in [6, 6.07) is 18.2. The highest BCUT2D eigenvalue weighted by Gasteiger charge is 1.91. The molecule has 0 bridgehead atoms. The fourth-order valence-corrected chi connectivity index (χ4v) is 2.08. The number of aliphatic imine (C=N–C) groups is 1. The summed E-state index contributed by atoms with van der Waals surface area (Å²) in [7, 11) is 1.65. The maximum absolute atomic E-state index is 5.10. The topological polar surface area (TPSA) is 21.6 Å². The summed E-state index contributed by atoms with van der Waals surface area (Å²) in [5.74, 6) is 6.97. The zero-order valence-electron chi connectivity index (χ0n) is 13.0. The molecule has 2 rings (SSSR count). The van der Waals surface area contributed by atoms with Crippen LogP contribution in [-0.2, 0) is 6.42 Å². The molecule has 0 aliphatic carbocycles. The zero-order chi connectivity index (χ0) is 15.5. The van der Waals surface area contributed by atoms with Crippen LogP contribution in [0.2, 0.25) is 0 Å². The van der Waals surface area contributed by atoms with E-state index >= 15 is 0 Å². The van der Waals surface area contributed by atoms with Crippen LogP contribution in [0, 0.1) is 11.8 Å². The van der Waals surface area contributed by atoms with Crippen molar-refractivity contribution in [2.24, 2.45) is 4.99 Å². The van der Waals surface area contributed by atoms with Gasteiger partial charge in [0.15, 0.2) is 0 Å². The van der Waals surface area contributed by atoms with Gasteiger partial charge in [0, 0.05) is 6.42 Å². The van der Waals surface area contributed by atoms with Gasteiger partial charge in [0.1, 0.15) is 5.75 Å². The van der Waals surface area contributed by atoms with E-state index in [1.807, 2.05) is 24.3 Å². The van der Waals surface area contributed by atoms with Gasteiger partial charge in [0.25, 0.3) is 0 Å². The maximum Gasteiger partial charge on any atom is 0.119 e. The van der Waals surface area contributed by atoms with Gasteiger partial charge in [0.2, 0.25) is 0 Å². The van der Waals surface area contributed by atoms with E-state index in [-0.39, 0.29) is 0 Å². The van der Waals surface area contributed by atoms with Gasteiger partial charge in [-0.3, -0.25) is 0 Å². The first-order valence-corrected chi connectivity index (χ1v) is 7.57. The molecule has 0 atom stereocenters. The molecule has 0 N–H and O–H groups in total. The normalized spacial score (nSPS) is 10.2. The first kappa shape index (κ1) is 15.9. The van der Waals surface area contributed by atoms with Crippen LogP contribution in [-0.4, -0.2) is 13.3 Å². The quantitative estimate of drug-likeness (QED) is 0.425. The predicted molar refractivity (Wildman–Crippen MR) is 92.9 cm³/mol. The summed E-state index contributed by atoms with van der Waals surface area (Å²) in [5, 5.41) is 0. The van der Waals surface area contributed by atoms with E-state index in [4.69, 9.17) is 4.74 Å². The summed E-state index contributed by atoms with van der Waals surface area (Å²) in [6.45, 7) is 0. The van der Waals surface area contributed by atoms with Crippen LogP contribution in [0.15, 0.2) is 59.6 Å². The molecule has 2 aromatic rings. The van der Waals surface area contributed by atoms with Gasteiger partial charge in [-0.2, -0.15) is 0 Å². The van der Waals surface area contributed by atoms with Crippen molar-refractivity contribution in [3.05, 3.63) is 60.2 Å². The molecule has 22 heavy (non-hydrogen) atoms. The number of ether oxygens (including phenoxy) is 1. The van der Waals surface area contributed by atoms with E-state index in [2.05, 4.69) is 47.2 Å². The number of rotatable bonds is 6. The van der Waals surface area contributed by atoms with Crippen molar-refractivity contribution in [1.82, 2.24) is 0 Å². The van der Waals surface area contributed by atoms with Crippen molar-refractivity contribution in [2.45, 2.75) is 25.7 Å². The standard InChI is InChI=1S/C20H21NO/c1-22-20-15-13-19(14-16-20)21-17-9-4-2-3-6-10-18-11-7-5-8-12-18/h5,7-8,11-17H,2-3,6,10H2,1H3. The molecule has 0 saturated heterocycles. The smallest absolute Gasteiger partial charge is 0.119 e. The first-order chi connectivity index (χ1) is 10.9. The Balaban J connectivity index is 1.65. The van der Waals surface area contributed by atoms with E-state index in [0.29, 0.717) is 0 Å². The summed E-state index contributed by atoms with van der Waals surface area (Å²) in [6.07, 6.45) is 6.01. The number of hydrogen-bond acceptors (Lipinski definition) is 2. The zero-order valence-corrected chi connectivity index (χ0v) is 13.0. The van der Waals surface area contributed by atoms with Crippen molar-refractivity contribution in [1.29, 1.82) is 0 Å². The van der Waals surface area contributed by atoms with Crippen LogP contribution >= 0.6 is 0 Å². The number of benzene rings is 2. The van der Waals surface area contributed by atoms with E-state index in [1.165, 1.54) is 12.0 Å². The lowest BCUT2D eigenvalue weighted by atomic mass is 10.1. The third-order valence-electron chi connectivity index (χ3n) is 3.31. The lowest BCUT2D eigenvalue weighted by Crippen LogP contribution is -1.84. The molecule has 0 amide bonds. The molecule has 0 unspecified atom stereocenters. The van der Waals surface area contributed by atoms with E-state index in [9.17, 15) is 0 Å². The molecule has 112 valence electrons. The van der Waals surface area contributed by atoms with Crippen molar-refractivity contribution in [3.63, 3.8) is 0 Å². The SMILES string of the molecule is COc1ccc(N=CC#CCCCCc2ccccc2)cc1. The molecular formula is C20H21NO. The average molecular weight is 291 g/mol. The molecule has 0 spiro atoms. The van der Waals surface area contributed by atoms with Crippen molar-refractivity contribution >= 4 is 11.9 Å². The molecule has 0 heterocycles. The largest absolute Gasteiger partial charge is 0.497 e. The van der Waals surface area contributed by atoms with Gasteiger partial charge in [0.05, 0.1) is 19.0 Å². The van der Waals surface area contributed by atoms with Gasteiger partial charge >= 0.3 is 0 Å². The Hall–Kier alpha value is -2.53. The van der Waals surface area contributed by atoms with Crippen molar-refractivity contribution in [2.75, 3.05) is 7.11 Å². The minimum absolute atomic E-state index is 0.837. The Morgan fingerprint density at radius 1 is 1.00 bits per heavy atom. The number of aryl methyl sites for hydroxylation is 1. The Bertz CT molecular complexity index is 633. The Morgan fingerprint density at radius 3 is 2.50 bits per heavy atom. The van der Waals surface area contributed by atoms with Crippen LogP contribution in [0.25, 0.3) is 0 Å². The molecule has 2 heteroatoms. The molecule has 0 aromatic heterocycles. The van der Waals surface area contributed by atoms with Crippen LogP contribution in [0.4, 0.5) is 5.69 Å². The molecule has 0 fully saturated rings. The Morgan fingerprint density at radius 2 is 1.77 bits per heavy atom. The highest BCUT2D eigenvalue weighted by Crippen LogP contribution is 2.16. The molecule has 2 aromatic carbocycles. The third-order valence-corrected chi connectivity index (χ3v) is 3.31. The van der Waals surface area contributed by atoms with Crippen LogP contribution in [0.5, 0.6) is 5.75 Å². The summed E-state index contributed by atoms with van der Waals surface area (Å²) < 4.78 is 5.10. The summed E-state index contributed by atoms with van der Waals surface area (Å²) >= 11 is 0. The fourth-order valence-electron chi connectivity index (χ4n) is 2.08.